The molecule has 0 aliphatic heterocycles. The van der Waals surface area contributed by atoms with Gasteiger partial charge < -0.3 is 5.32 Å². The van der Waals surface area contributed by atoms with Gasteiger partial charge in [0.05, 0.1) is 5.25 Å². The Morgan fingerprint density at radius 1 is 0.968 bits per heavy atom. The van der Waals surface area contributed by atoms with Crippen LogP contribution in [0.4, 0.5) is 17.6 Å². The summed E-state index contributed by atoms with van der Waals surface area (Å²) < 4.78 is 76.5. The Hall–Kier alpha value is -2.46. The Labute approximate surface area is 178 Å². The number of sulfonamides is 1. The van der Waals surface area contributed by atoms with Crippen LogP contribution in [-0.2, 0) is 21.2 Å². The van der Waals surface area contributed by atoms with E-state index in [9.17, 15) is 30.8 Å². The number of alkyl halides is 4. The highest BCUT2D eigenvalue weighted by molar-refractivity contribution is 7.90. The second-order valence-corrected chi connectivity index (χ2v) is 9.55. The Morgan fingerprint density at radius 3 is 1.97 bits per heavy atom. The van der Waals surface area contributed by atoms with Gasteiger partial charge in [0.15, 0.2) is 0 Å². The van der Waals surface area contributed by atoms with Crippen LogP contribution >= 0.6 is 0 Å². The van der Waals surface area contributed by atoms with Crippen molar-refractivity contribution in [1.29, 1.82) is 0 Å². The largest absolute Gasteiger partial charge is 0.471 e. The molecule has 2 aromatic carbocycles. The molecule has 0 radical (unpaired) electrons. The summed E-state index contributed by atoms with van der Waals surface area (Å²) in [5.41, 5.74) is 2.72. The number of amides is 1. The van der Waals surface area contributed by atoms with E-state index in [2.05, 4.69) is 4.72 Å². The topological polar surface area (TPSA) is 75.3 Å². The summed E-state index contributed by atoms with van der Waals surface area (Å²) in [4.78, 5) is 10.8. The molecule has 0 heterocycles. The minimum atomic E-state index is -4.90. The molecule has 0 spiro atoms. The average Bonchev–Trinajstić information content (AvgIpc) is 2.72. The summed E-state index contributed by atoms with van der Waals surface area (Å²) in [6, 6.07) is 13.6. The van der Waals surface area contributed by atoms with Gasteiger partial charge in [0.1, 0.15) is 6.17 Å². The van der Waals surface area contributed by atoms with Gasteiger partial charge in [0, 0.05) is 13.1 Å². The molecule has 0 saturated carbocycles. The molecule has 1 atom stereocenters. The van der Waals surface area contributed by atoms with Crippen molar-refractivity contribution in [2.75, 3.05) is 13.1 Å². The molecule has 0 aromatic heterocycles. The number of rotatable bonds is 9. The summed E-state index contributed by atoms with van der Waals surface area (Å²) >= 11 is 0. The normalized spacial score (nSPS) is 13.3. The van der Waals surface area contributed by atoms with Gasteiger partial charge in [-0.3, -0.25) is 4.79 Å². The predicted octanol–water partition coefficient (Wildman–Crippen LogP) is 3.91. The highest BCUT2D eigenvalue weighted by Gasteiger charge is 2.38. The molecule has 1 amide bonds. The highest BCUT2D eigenvalue weighted by Crippen LogP contribution is 2.24. The van der Waals surface area contributed by atoms with Crippen LogP contribution in [0, 0.1) is 0 Å². The maximum atomic E-state index is 14.3. The lowest BCUT2D eigenvalue weighted by atomic mass is 10.0. The summed E-state index contributed by atoms with van der Waals surface area (Å²) in [5.74, 6) is -1.97. The number of halogens is 4. The molecule has 0 aliphatic carbocycles. The van der Waals surface area contributed by atoms with E-state index in [1.807, 2.05) is 5.32 Å². The van der Waals surface area contributed by atoms with Crippen molar-refractivity contribution in [3.8, 4) is 11.1 Å². The van der Waals surface area contributed by atoms with Gasteiger partial charge >= 0.3 is 12.1 Å². The quantitative estimate of drug-likeness (QED) is 0.557. The first-order chi connectivity index (χ1) is 14.4. The fraction of sp³-hybridized carbons (Fsp3) is 0.381. The Balaban J connectivity index is 1.93. The minimum Gasteiger partial charge on any atom is -0.348 e. The van der Waals surface area contributed by atoms with Gasteiger partial charge in [-0.15, -0.1) is 0 Å². The standard InChI is InChI=1S/C21H24F4N2O3S/c1-14(2)31(29,30)27-13-19(22)18-9-7-17(8-10-18)16-5-3-15(4-6-16)11-12-26-20(28)21(23,24)25/h3-10,14,19,27H,11-13H2,1-2H3,(H,26,28). The third-order valence-corrected chi connectivity index (χ3v) is 6.41. The zero-order valence-electron chi connectivity index (χ0n) is 17.0. The van der Waals surface area contributed by atoms with Crippen molar-refractivity contribution in [2.24, 2.45) is 0 Å². The van der Waals surface area contributed by atoms with E-state index in [0.717, 1.165) is 16.7 Å². The van der Waals surface area contributed by atoms with Gasteiger partial charge in [0.25, 0.3) is 0 Å². The fourth-order valence-corrected chi connectivity index (χ4v) is 3.35. The third-order valence-electron chi connectivity index (χ3n) is 4.60. The van der Waals surface area contributed by atoms with E-state index in [-0.39, 0.29) is 19.5 Å². The number of carbonyl (C=O) groups is 1. The number of benzene rings is 2. The molecule has 1 unspecified atom stereocenters. The molecule has 0 fully saturated rings. The Bertz CT molecular complexity index is 973. The van der Waals surface area contributed by atoms with E-state index in [1.54, 1.807) is 48.5 Å². The van der Waals surface area contributed by atoms with Gasteiger partial charge in [0.2, 0.25) is 10.0 Å². The zero-order chi connectivity index (χ0) is 23.2. The van der Waals surface area contributed by atoms with Gasteiger partial charge in [-0.2, -0.15) is 13.2 Å². The summed E-state index contributed by atoms with van der Waals surface area (Å²) in [6.07, 6.45) is -6.14. The molecule has 2 rings (SSSR count). The number of carbonyl (C=O) groups excluding carboxylic acids is 1. The lowest BCUT2D eigenvalue weighted by Crippen LogP contribution is -2.37. The van der Waals surface area contributed by atoms with Crippen molar-refractivity contribution in [1.82, 2.24) is 10.0 Å². The molecule has 2 aromatic rings. The van der Waals surface area contributed by atoms with Crippen LogP contribution in [0.5, 0.6) is 0 Å². The van der Waals surface area contributed by atoms with Crippen LogP contribution in [0.1, 0.15) is 31.1 Å². The molecule has 31 heavy (non-hydrogen) atoms. The predicted molar refractivity (Wildman–Crippen MR) is 111 cm³/mol. The van der Waals surface area contributed by atoms with Gasteiger partial charge in [-0.25, -0.2) is 17.5 Å². The number of nitrogens with one attached hydrogen (secondary N) is 2. The maximum Gasteiger partial charge on any atom is 0.471 e. The molecular weight excluding hydrogens is 436 g/mol. The van der Waals surface area contributed by atoms with Crippen LogP contribution in [-0.4, -0.2) is 38.8 Å². The van der Waals surface area contributed by atoms with E-state index in [0.29, 0.717) is 5.56 Å². The van der Waals surface area contributed by atoms with Crippen molar-refractivity contribution < 1.29 is 30.8 Å². The highest BCUT2D eigenvalue weighted by atomic mass is 32.2. The van der Waals surface area contributed by atoms with Gasteiger partial charge in [-0.05, 0) is 42.5 Å². The molecule has 5 nitrogen and oxygen atoms in total. The summed E-state index contributed by atoms with van der Waals surface area (Å²) in [5, 5.41) is 1.17. The Kier molecular flexibility index (Phi) is 8.19. The maximum absolute atomic E-state index is 14.3. The number of hydrogen-bond donors (Lipinski definition) is 2. The van der Waals surface area contributed by atoms with Crippen molar-refractivity contribution >= 4 is 15.9 Å². The van der Waals surface area contributed by atoms with Crippen LogP contribution in [0.3, 0.4) is 0 Å². The third kappa shape index (κ3) is 7.32. The van der Waals surface area contributed by atoms with Crippen LogP contribution in [0.15, 0.2) is 48.5 Å². The lowest BCUT2D eigenvalue weighted by molar-refractivity contribution is -0.173. The molecule has 170 valence electrons. The molecular formula is C21H24F4N2O3S. The van der Waals surface area contributed by atoms with E-state index >= 15 is 0 Å². The van der Waals surface area contributed by atoms with Crippen molar-refractivity contribution in [3.63, 3.8) is 0 Å². The first-order valence-electron chi connectivity index (χ1n) is 9.57. The monoisotopic (exact) mass is 460 g/mol. The van der Waals surface area contributed by atoms with Crippen molar-refractivity contribution in [2.45, 2.75) is 37.9 Å². The van der Waals surface area contributed by atoms with E-state index < -0.39 is 33.5 Å². The smallest absolute Gasteiger partial charge is 0.348 e. The van der Waals surface area contributed by atoms with Gasteiger partial charge in [-0.1, -0.05) is 48.5 Å². The zero-order valence-corrected chi connectivity index (χ0v) is 17.9. The molecule has 0 saturated heterocycles. The van der Waals surface area contributed by atoms with Crippen LogP contribution < -0.4 is 10.0 Å². The second-order valence-electron chi connectivity index (χ2n) is 7.23. The molecule has 0 aliphatic rings. The summed E-state index contributed by atoms with van der Waals surface area (Å²) in [7, 11) is -3.54. The number of hydrogen-bond acceptors (Lipinski definition) is 3. The SMILES string of the molecule is CC(C)S(=O)(=O)NCC(F)c1ccc(-c2ccc(CCNC(=O)C(F)(F)F)cc2)cc1. The molecule has 2 N–H and O–H groups in total. The minimum absolute atomic E-state index is 0.134. The molecule has 10 heteroatoms. The average molecular weight is 460 g/mol. The fourth-order valence-electron chi connectivity index (χ4n) is 2.64. The molecule has 0 bridgehead atoms. The second kappa shape index (κ2) is 10.2. The van der Waals surface area contributed by atoms with E-state index in [1.165, 1.54) is 13.8 Å². The first kappa shape index (κ1) is 24.8. The van der Waals surface area contributed by atoms with Crippen molar-refractivity contribution in [3.05, 3.63) is 59.7 Å². The van der Waals surface area contributed by atoms with Crippen LogP contribution in [0.2, 0.25) is 0 Å². The summed E-state index contributed by atoms with van der Waals surface area (Å²) in [6.45, 7) is 2.53. The lowest BCUT2D eigenvalue weighted by Gasteiger charge is -2.13. The first-order valence-corrected chi connectivity index (χ1v) is 11.1. The van der Waals surface area contributed by atoms with Crippen LogP contribution in [0.25, 0.3) is 11.1 Å². The Morgan fingerprint density at radius 2 is 1.48 bits per heavy atom. The van der Waals surface area contributed by atoms with E-state index in [4.69, 9.17) is 0 Å².